The average molecular weight is 534 g/mol. The van der Waals surface area contributed by atoms with E-state index in [2.05, 4.69) is 20.6 Å². The molecule has 0 spiro atoms. The van der Waals surface area contributed by atoms with E-state index >= 15 is 0 Å². The number of benzene rings is 2. The van der Waals surface area contributed by atoms with Crippen LogP contribution in [0.15, 0.2) is 72.9 Å². The molecule has 200 valence electrons. The van der Waals surface area contributed by atoms with Crippen LogP contribution in [0.25, 0.3) is 11.3 Å². The first-order chi connectivity index (χ1) is 18.8. The summed E-state index contributed by atoms with van der Waals surface area (Å²) in [6.07, 6.45) is -1.39. The minimum atomic E-state index is -2.54. The molecule has 1 aliphatic rings. The van der Waals surface area contributed by atoms with Gasteiger partial charge >= 0.3 is 0 Å². The Morgan fingerprint density at radius 1 is 1.13 bits per heavy atom. The summed E-state index contributed by atoms with van der Waals surface area (Å²) in [5.41, 5.74) is 3.70. The molecule has 0 aliphatic carbocycles. The maximum Gasteiger partial charge on any atom is 0.257 e. The van der Waals surface area contributed by atoms with Crippen LogP contribution in [0.1, 0.15) is 34.0 Å². The number of carbonyl (C=O) groups excluding carboxylic acids is 2. The van der Waals surface area contributed by atoms with Crippen LogP contribution in [0.5, 0.6) is 0 Å². The van der Waals surface area contributed by atoms with Gasteiger partial charge in [0.25, 0.3) is 5.91 Å². The number of fused-ring (bicyclic) bond motifs is 1. The number of carbonyl (C=O) groups is 2. The topological polar surface area (TPSA) is 90.1 Å². The van der Waals surface area contributed by atoms with Crippen LogP contribution in [-0.4, -0.2) is 46.7 Å². The number of para-hydroxylation sites is 1. The summed E-state index contributed by atoms with van der Waals surface area (Å²) in [5, 5.41) is 6.04. The molecule has 0 radical (unpaired) electrons. The van der Waals surface area contributed by atoms with Crippen molar-refractivity contribution in [3.63, 3.8) is 0 Å². The lowest BCUT2D eigenvalue weighted by molar-refractivity contribution is -0.115. The van der Waals surface area contributed by atoms with E-state index in [1.807, 2.05) is 30.3 Å². The first kappa shape index (κ1) is 26.0. The number of likely N-dealkylation sites (N-methyl/N-ethyl adjacent to an activating group) is 1. The number of aromatic amines is 1. The van der Waals surface area contributed by atoms with E-state index < -0.39 is 18.8 Å². The van der Waals surface area contributed by atoms with E-state index in [9.17, 15) is 22.8 Å². The van der Waals surface area contributed by atoms with E-state index in [1.165, 1.54) is 35.4 Å². The van der Waals surface area contributed by atoms with Gasteiger partial charge in [-0.2, -0.15) is 0 Å². The summed E-state index contributed by atoms with van der Waals surface area (Å²) in [4.78, 5) is 34.9. The van der Waals surface area contributed by atoms with Gasteiger partial charge in [-0.1, -0.05) is 30.3 Å². The third kappa shape index (κ3) is 5.79. The number of H-pyrrole nitrogens is 1. The number of halogens is 3. The monoisotopic (exact) mass is 533 g/mol. The Hall–Kier alpha value is -4.60. The molecule has 7 nitrogen and oxygen atoms in total. The van der Waals surface area contributed by atoms with Gasteiger partial charge in [0.05, 0.1) is 23.4 Å². The van der Waals surface area contributed by atoms with E-state index in [-0.39, 0.29) is 36.4 Å². The predicted molar refractivity (Wildman–Crippen MR) is 143 cm³/mol. The van der Waals surface area contributed by atoms with Crippen molar-refractivity contribution in [3.05, 3.63) is 95.6 Å². The number of nitrogens with zero attached hydrogens (tertiary/aromatic N) is 2. The standard InChI is InChI=1S/C29H26F3N5O2/c1-37-16-19(14-22(31)32)26-25(29(37)39)28(34-21-5-3-2-4-6-21)27(36-26)18-11-12-33-23(15-18)35-24(38)13-17-7-9-20(30)10-8-17/h2-12,15,19,22,34,36H,13-14,16H2,1H3,(H,33,35,38). The lowest BCUT2D eigenvalue weighted by Gasteiger charge is -2.30. The van der Waals surface area contributed by atoms with Gasteiger partial charge in [0.1, 0.15) is 11.6 Å². The molecule has 10 heteroatoms. The van der Waals surface area contributed by atoms with Crippen molar-refractivity contribution in [3.8, 4) is 11.3 Å². The van der Waals surface area contributed by atoms with Gasteiger partial charge in [-0.3, -0.25) is 9.59 Å². The van der Waals surface area contributed by atoms with Crippen LogP contribution < -0.4 is 10.6 Å². The van der Waals surface area contributed by atoms with Crippen LogP contribution in [0.4, 0.5) is 30.4 Å². The van der Waals surface area contributed by atoms with Gasteiger partial charge in [0.2, 0.25) is 12.3 Å². The zero-order chi connectivity index (χ0) is 27.5. The van der Waals surface area contributed by atoms with Gasteiger partial charge in [-0.15, -0.1) is 0 Å². The van der Waals surface area contributed by atoms with Crippen LogP contribution >= 0.6 is 0 Å². The maximum atomic E-state index is 13.5. The Kier molecular flexibility index (Phi) is 7.36. The minimum absolute atomic E-state index is 0.0277. The second kappa shape index (κ2) is 11.0. The van der Waals surface area contributed by atoms with Crippen molar-refractivity contribution >= 4 is 29.0 Å². The summed E-state index contributed by atoms with van der Waals surface area (Å²) in [5.74, 6) is -1.32. The summed E-state index contributed by atoms with van der Waals surface area (Å²) in [6, 6.07) is 18.2. The molecular formula is C29H26F3N5O2. The molecule has 5 rings (SSSR count). The van der Waals surface area contributed by atoms with Crippen molar-refractivity contribution in [2.75, 3.05) is 24.2 Å². The van der Waals surface area contributed by atoms with Gasteiger partial charge in [0.15, 0.2) is 0 Å². The molecule has 4 aromatic rings. The molecule has 3 heterocycles. The summed E-state index contributed by atoms with van der Waals surface area (Å²) in [6.45, 7) is 0.169. The summed E-state index contributed by atoms with van der Waals surface area (Å²) in [7, 11) is 1.60. The largest absolute Gasteiger partial charge is 0.356 e. The fourth-order valence-corrected chi connectivity index (χ4v) is 4.79. The quantitative estimate of drug-likeness (QED) is 0.261. The van der Waals surface area contributed by atoms with Gasteiger partial charge in [-0.05, 0) is 42.0 Å². The number of nitrogens with one attached hydrogen (secondary N) is 3. The van der Waals surface area contributed by atoms with Crippen LogP contribution in [0, 0.1) is 5.82 Å². The Morgan fingerprint density at radius 3 is 2.59 bits per heavy atom. The smallest absolute Gasteiger partial charge is 0.257 e. The fraction of sp³-hybridized carbons (Fsp3) is 0.207. The molecule has 0 saturated heterocycles. The van der Waals surface area contributed by atoms with E-state index in [1.54, 1.807) is 19.2 Å². The third-order valence-electron chi connectivity index (χ3n) is 6.59. The van der Waals surface area contributed by atoms with Crippen LogP contribution in [-0.2, 0) is 11.2 Å². The molecule has 2 aromatic carbocycles. The van der Waals surface area contributed by atoms with Gasteiger partial charge in [-0.25, -0.2) is 18.2 Å². The Morgan fingerprint density at radius 2 is 1.87 bits per heavy atom. The molecule has 1 aliphatic heterocycles. The molecule has 1 atom stereocenters. The number of aromatic nitrogens is 2. The molecule has 3 N–H and O–H groups in total. The normalized spacial score (nSPS) is 14.8. The number of rotatable bonds is 8. The summed E-state index contributed by atoms with van der Waals surface area (Å²) >= 11 is 0. The number of hydrogen-bond donors (Lipinski definition) is 3. The molecule has 1 unspecified atom stereocenters. The SMILES string of the molecule is CN1CC(CC(F)F)c2[nH]c(-c3ccnc(NC(=O)Cc4ccc(F)cc4)c3)c(Nc3ccccc3)c2C1=O. The molecule has 2 aromatic heterocycles. The molecule has 2 amide bonds. The van der Waals surface area contributed by atoms with E-state index in [4.69, 9.17) is 0 Å². The highest BCUT2D eigenvalue weighted by atomic mass is 19.3. The zero-order valence-electron chi connectivity index (χ0n) is 21.0. The number of anilines is 3. The highest BCUT2D eigenvalue weighted by Crippen LogP contribution is 2.42. The first-order valence-electron chi connectivity index (χ1n) is 12.4. The third-order valence-corrected chi connectivity index (χ3v) is 6.59. The molecule has 0 saturated carbocycles. The van der Waals surface area contributed by atoms with Crippen molar-refractivity contribution in [1.29, 1.82) is 0 Å². The second-order valence-electron chi connectivity index (χ2n) is 9.45. The van der Waals surface area contributed by atoms with E-state index in [0.29, 0.717) is 39.5 Å². The lowest BCUT2D eigenvalue weighted by atomic mass is 9.92. The highest BCUT2D eigenvalue weighted by molar-refractivity contribution is 6.06. The van der Waals surface area contributed by atoms with Crippen molar-refractivity contribution in [2.45, 2.75) is 25.2 Å². The van der Waals surface area contributed by atoms with Gasteiger partial charge in [0, 0.05) is 49.1 Å². The Labute approximate surface area is 223 Å². The average Bonchev–Trinajstić information content (AvgIpc) is 3.28. The highest BCUT2D eigenvalue weighted by Gasteiger charge is 2.36. The number of pyridine rings is 1. The van der Waals surface area contributed by atoms with Crippen molar-refractivity contribution < 1.29 is 22.8 Å². The van der Waals surface area contributed by atoms with Crippen molar-refractivity contribution in [1.82, 2.24) is 14.9 Å². The lowest BCUT2D eigenvalue weighted by Crippen LogP contribution is -2.37. The molecule has 0 bridgehead atoms. The maximum absolute atomic E-state index is 13.5. The molecule has 0 fully saturated rings. The zero-order valence-corrected chi connectivity index (χ0v) is 21.0. The second-order valence-corrected chi connectivity index (χ2v) is 9.45. The molecular weight excluding hydrogens is 507 g/mol. The fourth-order valence-electron chi connectivity index (χ4n) is 4.79. The Bertz CT molecular complexity index is 1490. The van der Waals surface area contributed by atoms with E-state index in [0.717, 1.165) is 0 Å². The van der Waals surface area contributed by atoms with Crippen molar-refractivity contribution in [2.24, 2.45) is 0 Å². The minimum Gasteiger partial charge on any atom is -0.356 e. The predicted octanol–water partition coefficient (Wildman–Crippen LogP) is 5.97. The first-order valence-corrected chi connectivity index (χ1v) is 12.4. The number of hydrogen-bond acceptors (Lipinski definition) is 4. The Balaban J connectivity index is 1.51. The summed E-state index contributed by atoms with van der Waals surface area (Å²) < 4.78 is 40.1. The molecule has 39 heavy (non-hydrogen) atoms. The number of alkyl halides is 2. The number of amides is 2. The van der Waals surface area contributed by atoms with Crippen LogP contribution in [0.3, 0.4) is 0 Å². The van der Waals surface area contributed by atoms with Gasteiger partial charge < -0.3 is 20.5 Å². The van der Waals surface area contributed by atoms with Crippen LogP contribution in [0.2, 0.25) is 0 Å².